The second-order valence-corrected chi connectivity index (χ2v) is 6.29. The first-order valence-electron chi connectivity index (χ1n) is 8.47. The average Bonchev–Trinajstić information content (AvgIpc) is 2.81. The third-order valence-corrected chi connectivity index (χ3v) is 4.15. The van der Waals surface area contributed by atoms with Crippen LogP contribution in [-0.4, -0.2) is 17.5 Å². The van der Waals surface area contributed by atoms with Crippen LogP contribution in [0.3, 0.4) is 0 Å². The quantitative estimate of drug-likeness (QED) is 0.748. The summed E-state index contributed by atoms with van der Waals surface area (Å²) in [6, 6.07) is 15.7. The van der Waals surface area contributed by atoms with Crippen LogP contribution in [0.25, 0.3) is 5.70 Å². The lowest BCUT2D eigenvalue weighted by atomic mass is 10.0. The normalized spacial score (nSPS) is 14.8. The first kappa shape index (κ1) is 16.3. The lowest BCUT2D eigenvalue weighted by Gasteiger charge is -2.24. The minimum Gasteiger partial charge on any atom is -0.410 e. The van der Waals surface area contributed by atoms with Gasteiger partial charge in [0.2, 0.25) is 0 Å². The van der Waals surface area contributed by atoms with Crippen molar-refractivity contribution in [1.82, 2.24) is 4.90 Å². The fraction of sp³-hybridized carbons (Fsp3) is 0.286. The number of para-hydroxylation sites is 1. The number of aryl methyl sites for hydroxylation is 2. The Morgan fingerprint density at radius 1 is 1.00 bits per heavy atom. The molecule has 0 fully saturated rings. The summed E-state index contributed by atoms with van der Waals surface area (Å²) in [5.74, 6) is 0.575. The number of benzene rings is 2. The van der Waals surface area contributed by atoms with Gasteiger partial charge in [0, 0.05) is 6.54 Å². The van der Waals surface area contributed by atoms with Gasteiger partial charge in [0.15, 0.2) is 0 Å². The second kappa shape index (κ2) is 7.35. The summed E-state index contributed by atoms with van der Waals surface area (Å²) in [6.45, 7) is 4.85. The molecule has 1 amide bonds. The molecule has 124 valence electrons. The van der Waals surface area contributed by atoms with Crippen LogP contribution in [0.1, 0.15) is 36.0 Å². The molecule has 0 N–H and O–H groups in total. The monoisotopic (exact) mass is 321 g/mol. The smallest absolute Gasteiger partial charge is 0.410 e. The number of allylic oxidation sites excluding steroid dienone is 1. The molecule has 0 saturated heterocycles. The van der Waals surface area contributed by atoms with E-state index in [2.05, 4.69) is 38.1 Å². The first-order valence-corrected chi connectivity index (χ1v) is 8.47. The molecule has 0 radical (unpaired) electrons. The third-order valence-electron chi connectivity index (χ3n) is 4.15. The van der Waals surface area contributed by atoms with Crippen molar-refractivity contribution in [2.45, 2.75) is 33.1 Å². The van der Waals surface area contributed by atoms with Crippen LogP contribution < -0.4 is 4.74 Å². The minimum atomic E-state index is -0.312. The fourth-order valence-electron chi connectivity index (χ4n) is 3.11. The zero-order chi connectivity index (χ0) is 16.9. The van der Waals surface area contributed by atoms with Gasteiger partial charge in [-0.25, -0.2) is 4.79 Å². The molecule has 24 heavy (non-hydrogen) atoms. The lowest BCUT2D eigenvalue weighted by molar-refractivity contribution is 0.173. The molecule has 3 heteroatoms. The van der Waals surface area contributed by atoms with Gasteiger partial charge >= 0.3 is 6.09 Å². The van der Waals surface area contributed by atoms with Crippen molar-refractivity contribution in [3.05, 3.63) is 71.3 Å². The second-order valence-electron chi connectivity index (χ2n) is 6.29. The number of carbonyl (C=O) groups excluding carboxylic acids is 1. The zero-order valence-electron chi connectivity index (χ0n) is 14.3. The molecule has 0 bridgehead atoms. The van der Waals surface area contributed by atoms with Crippen molar-refractivity contribution < 1.29 is 9.53 Å². The van der Waals surface area contributed by atoms with E-state index in [1.54, 1.807) is 17.0 Å². The van der Waals surface area contributed by atoms with Crippen LogP contribution in [0.5, 0.6) is 5.75 Å². The van der Waals surface area contributed by atoms with Gasteiger partial charge < -0.3 is 4.74 Å². The van der Waals surface area contributed by atoms with Gasteiger partial charge in [-0.15, -0.1) is 0 Å². The van der Waals surface area contributed by atoms with E-state index < -0.39 is 0 Å². The molecule has 0 atom stereocenters. The largest absolute Gasteiger partial charge is 0.419 e. The zero-order valence-corrected chi connectivity index (χ0v) is 14.3. The molecule has 0 aromatic heterocycles. The van der Waals surface area contributed by atoms with E-state index in [0.29, 0.717) is 12.3 Å². The highest BCUT2D eigenvalue weighted by Gasteiger charge is 2.23. The van der Waals surface area contributed by atoms with Gasteiger partial charge in [-0.05, 0) is 62.9 Å². The Labute approximate surface area is 143 Å². The molecule has 1 aliphatic heterocycles. The maximum Gasteiger partial charge on any atom is 0.419 e. The Bertz CT molecular complexity index is 729. The Hall–Kier alpha value is -2.55. The summed E-state index contributed by atoms with van der Waals surface area (Å²) >= 11 is 0. The maximum absolute atomic E-state index is 12.7. The molecule has 3 nitrogen and oxygen atoms in total. The van der Waals surface area contributed by atoms with Gasteiger partial charge in [0.05, 0.1) is 5.70 Å². The maximum atomic E-state index is 12.7. The highest BCUT2D eigenvalue weighted by Crippen LogP contribution is 2.27. The molecule has 1 heterocycles. The summed E-state index contributed by atoms with van der Waals surface area (Å²) in [5.41, 5.74) is 4.44. The Morgan fingerprint density at radius 2 is 1.71 bits per heavy atom. The summed E-state index contributed by atoms with van der Waals surface area (Å²) in [7, 11) is 0. The van der Waals surface area contributed by atoms with Gasteiger partial charge in [-0.1, -0.05) is 41.5 Å². The van der Waals surface area contributed by atoms with E-state index in [1.165, 1.54) is 11.1 Å². The predicted octanol–water partition coefficient (Wildman–Crippen LogP) is 5.33. The summed E-state index contributed by atoms with van der Waals surface area (Å²) < 4.78 is 5.57. The van der Waals surface area contributed by atoms with E-state index in [4.69, 9.17) is 4.74 Å². The summed E-state index contributed by atoms with van der Waals surface area (Å²) in [5, 5.41) is 0. The molecule has 0 saturated carbocycles. The standard InChI is InChI=1S/C21H23NO2/c1-16-13-17(2)15-18(14-16)20-11-7-4-8-12-22(20)21(23)24-19-9-5-3-6-10-19/h3,5-6,9-11,13-15H,4,7-8,12H2,1-2H3. The van der Waals surface area contributed by atoms with E-state index in [9.17, 15) is 4.79 Å². The molecule has 2 aromatic rings. The number of hydrogen-bond acceptors (Lipinski definition) is 2. The number of ether oxygens (including phenoxy) is 1. The van der Waals surface area contributed by atoms with Crippen molar-refractivity contribution in [1.29, 1.82) is 0 Å². The topological polar surface area (TPSA) is 29.5 Å². The van der Waals surface area contributed by atoms with Crippen LogP contribution in [0.15, 0.2) is 54.6 Å². The minimum absolute atomic E-state index is 0.312. The Morgan fingerprint density at radius 3 is 2.42 bits per heavy atom. The molecular formula is C21H23NO2. The van der Waals surface area contributed by atoms with Crippen molar-refractivity contribution in [2.24, 2.45) is 0 Å². The number of carbonyl (C=O) groups is 1. The van der Waals surface area contributed by atoms with Crippen LogP contribution in [0.4, 0.5) is 4.79 Å². The van der Waals surface area contributed by atoms with Crippen molar-refractivity contribution in [3.63, 3.8) is 0 Å². The molecule has 1 aliphatic rings. The Kier molecular flexibility index (Phi) is 4.99. The molecule has 0 unspecified atom stereocenters. The van der Waals surface area contributed by atoms with Gasteiger partial charge in [-0.2, -0.15) is 0 Å². The van der Waals surface area contributed by atoms with Crippen molar-refractivity contribution >= 4 is 11.8 Å². The van der Waals surface area contributed by atoms with E-state index in [-0.39, 0.29) is 6.09 Å². The molecule has 0 aliphatic carbocycles. The molecule has 3 rings (SSSR count). The lowest BCUT2D eigenvalue weighted by Crippen LogP contribution is -2.32. The third kappa shape index (κ3) is 3.85. The highest BCUT2D eigenvalue weighted by molar-refractivity contribution is 5.83. The Balaban J connectivity index is 1.89. The summed E-state index contributed by atoms with van der Waals surface area (Å²) in [4.78, 5) is 14.5. The van der Waals surface area contributed by atoms with Crippen LogP contribution in [-0.2, 0) is 0 Å². The van der Waals surface area contributed by atoms with Gasteiger partial charge in [0.1, 0.15) is 5.75 Å². The van der Waals surface area contributed by atoms with Crippen LogP contribution in [0, 0.1) is 13.8 Å². The number of rotatable bonds is 2. The van der Waals surface area contributed by atoms with E-state index >= 15 is 0 Å². The highest BCUT2D eigenvalue weighted by atomic mass is 16.6. The predicted molar refractivity (Wildman–Crippen MR) is 96.9 cm³/mol. The summed E-state index contributed by atoms with van der Waals surface area (Å²) in [6.07, 6.45) is 4.90. The van der Waals surface area contributed by atoms with Gasteiger partial charge in [0.25, 0.3) is 0 Å². The first-order chi connectivity index (χ1) is 11.6. The average molecular weight is 321 g/mol. The van der Waals surface area contributed by atoms with Crippen molar-refractivity contribution in [3.8, 4) is 5.75 Å². The molecular weight excluding hydrogens is 298 g/mol. The number of amides is 1. The van der Waals surface area contributed by atoms with Crippen LogP contribution >= 0.6 is 0 Å². The van der Waals surface area contributed by atoms with E-state index in [0.717, 1.165) is 30.5 Å². The van der Waals surface area contributed by atoms with Gasteiger partial charge in [-0.3, -0.25) is 4.90 Å². The molecule has 2 aromatic carbocycles. The SMILES string of the molecule is Cc1cc(C)cc(C2=CCCCCN2C(=O)Oc2ccccc2)c1. The van der Waals surface area contributed by atoms with Crippen LogP contribution in [0.2, 0.25) is 0 Å². The number of hydrogen-bond donors (Lipinski definition) is 0. The van der Waals surface area contributed by atoms with Crippen molar-refractivity contribution in [2.75, 3.05) is 6.54 Å². The fourth-order valence-corrected chi connectivity index (χ4v) is 3.11. The number of nitrogens with zero attached hydrogens (tertiary/aromatic N) is 1. The molecule has 0 spiro atoms. The van der Waals surface area contributed by atoms with E-state index in [1.807, 2.05) is 18.2 Å².